The van der Waals surface area contributed by atoms with Gasteiger partial charge in [0.05, 0.1) is 6.04 Å². The minimum Gasteiger partial charge on any atom is -0.438 e. The molecular weight excluding hydrogens is 328 g/mol. The van der Waals surface area contributed by atoms with Crippen molar-refractivity contribution in [3.8, 4) is 0 Å². The molecule has 128 valence electrons. The van der Waals surface area contributed by atoms with E-state index in [1.807, 2.05) is 30.3 Å². The van der Waals surface area contributed by atoms with Crippen LogP contribution in [0.15, 0.2) is 52.0 Å². The number of hydrogen-bond donors (Lipinski definition) is 2. The third kappa shape index (κ3) is 3.68. The second-order valence-corrected chi connectivity index (χ2v) is 7.56. The summed E-state index contributed by atoms with van der Waals surface area (Å²) in [5.41, 5.74) is 1.04. The number of primary sulfonamides is 1. The number of nitrogens with one attached hydrogen (secondary N) is 1. The number of rotatable bonds is 5. The Morgan fingerprint density at radius 1 is 1.12 bits per heavy atom. The summed E-state index contributed by atoms with van der Waals surface area (Å²) in [5, 5.41) is 7.58. The van der Waals surface area contributed by atoms with Gasteiger partial charge < -0.3 is 9.73 Å². The smallest absolute Gasteiger partial charge is 0.287 e. The van der Waals surface area contributed by atoms with Crippen molar-refractivity contribution in [1.82, 2.24) is 5.32 Å². The molecule has 1 fully saturated rings. The van der Waals surface area contributed by atoms with E-state index in [9.17, 15) is 13.2 Å². The Morgan fingerprint density at radius 3 is 2.38 bits per heavy atom. The Morgan fingerprint density at radius 2 is 1.79 bits per heavy atom. The molecule has 1 aromatic heterocycles. The molecule has 0 radical (unpaired) electrons. The molecule has 1 saturated carbocycles. The lowest BCUT2D eigenvalue weighted by Crippen LogP contribution is -2.32. The molecular formula is C17H20N2O4S. The molecule has 7 heteroatoms. The van der Waals surface area contributed by atoms with Crippen molar-refractivity contribution >= 4 is 15.9 Å². The van der Waals surface area contributed by atoms with Crippen LogP contribution in [-0.2, 0) is 10.0 Å². The Bertz CT molecular complexity index is 808. The molecule has 1 unspecified atom stereocenters. The second kappa shape index (κ2) is 6.78. The van der Waals surface area contributed by atoms with Crippen molar-refractivity contribution in [2.45, 2.75) is 36.8 Å². The van der Waals surface area contributed by atoms with Crippen molar-refractivity contribution in [3.05, 3.63) is 53.8 Å². The summed E-state index contributed by atoms with van der Waals surface area (Å²) in [7, 11) is -3.96. The highest BCUT2D eigenvalue weighted by Crippen LogP contribution is 2.35. The number of sulfonamides is 1. The molecule has 1 heterocycles. The van der Waals surface area contributed by atoms with Gasteiger partial charge in [-0.2, -0.15) is 0 Å². The number of carbonyl (C=O) groups excluding carboxylic acids is 1. The summed E-state index contributed by atoms with van der Waals surface area (Å²) >= 11 is 0. The second-order valence-electron chi connectivity index (χ2n) is 6.07. The van der Waals surface area contributed by atoms with Crippen LogP contribution in [0.3, 0.4) is 0 Å². The van der Waals surface area contributed by atoms with E-state index in [1.54, 1.807) is 0 Å². The molecule has 3 rings (SSSR count). The fourth-order valence-electron chi connectivity index (χ4n) is 3.23. The van der Waals surface area contributed by atoms with Gasteiger partial charge in [0.1, 0.15) is 0 Å². The molecule has 0 bridgehead atoms. The van der Waals surface area contributed by atoms with Gasteiger partial charge in [-0.3, -0.25) is 4.79 Å². The highest BCUT2D eigenvalue weighted by atomic mass is 32.2. The van der Waals surface area contributed by atoms with Gasteiger partial charge >= 0.3 is 0 Å². The lowest BCUT2D eigenvalue weighted by Gasteiger charge is -2.24. The van der Waals surface area contributed by atoms with E-state index in [2.05, 4.69) is 5.32 Å². The van der Waals surface area contributed by atoms with Crippen molar-refractivity contribution < 1.29 is 17.6 Å². The summed E-state index contributed by atoms with van der Waals surface area (Å²) in [4.78, 5) is 12.5. The molecule has 3 N–H and O–H groups in total. The summed E-state index contributed by atoms with van der Waals surface area (Å²) in [6, 6.07) is 12.2. The van der Waals surface area contributed by atoms with Gasteiger partial charge in [-0.15, -0.1) is 0 Å². The Labute approximate surface area is 141 Å². The first kappa shape index (κ1) is 16.7. The first-order valence-electron chi connectivity index (χ1n) is 7.93. The average molecular weight is 348 g/mol. The maximum atomic E-state index is 12.5. The number of furan rings is 1. The molecule has 1 amide bonds. The van der Waals surface area contributed by atoms with E-state index >= 15 is 0 Å². The zero-order valence-corrected chi connectivity index (χ0v) is 14.0. The van der Waals surface area contributed by atoms with Crippen LogP contribution in [0.4, 0.5) is 0 Å². The van der Waals surface area contributed by atoms with Crippen LogP contribution in [0.2, 0.25) is 0 Å². The van der Waals surface area contributed by atoms with Crippen LogP contribution < -0.4 is 10.5 Å². The highest BCUT2D eigenvalue weighted by Gasteiger charge is 2.29. The molecule has 1 atom stereocenters. The summed E-state index contributed by atoms with van der Waals surface area (Å²) in [5.74, 6) is -0.132. The lowest BCUT2D eigenvalue weighted by atomic mass is 9.91. The SMILES string of the molecule is NS(=O)(=O)c1ccc(C(=O)NC(c2ccccc2)C2CCCC2)o1. The Kier molecular flexibility index (Phi) is 4.73. The van der Waals surface area contributed by atoms with E-state index in [0.717, 1.165) is 31.2 Å². The first-order chi connectivity index (χ1) is 11.4. The largest absolute Gasteiger partial charge is 0.438 e. The van der Waals surface area contributed by atoms with Gasteiger partial charge in [-0.05, 0) is 36.5 Å². The first-order valence-corrected chi connectivity index (χ1v) is 9.48. The number of benzene rings is 1. The topological polar surface area (TPSA) is 102 Å². The zero-order chi connectivity index (χ0) is 17.2. The predicted octanol–water partition coefficient (Wildman–Crippen LogP) is 2.59. The zero-order valence-electron chi connectivity index (χ0n) is 13.1. The molecule has 1 aliphatic rings. The number of hydrogen-bond acceptors (Lipinski definition) is 4. The summed E-state index contributed by atoms with van der Waals surface area (Å²) in [6.07, 6.45) is 4.42. The summed E-state index contributed by atoms with van der Waals surface area (Å²) < 4.78 is 27.6. The molecule has 1 aliphatic carbocycles. The fourth-order valence-corrected chi connectivity index (χ4v) is 3.70. The molecule has 1 aromatic carbocycles. The Balaban J connectivity index is 1.82. The minimum absolute atomic E-state index is 0.0575. The standard InChI is InChI=1S/C17H20N2O4S/c18-24(21,22)15-11-10-14(23-15)17(20)19-16(13-8-4-5-9-13)12-6-2-1-3-7-12/h1-3,6-7,10-11,13,16H,4-5,8-9H2,(H,19,20)(H2,18,21,22). The maximum Gasteiger partial charge on any atom is 0.287 e. The van der Waals surface area contributed by atoms with Crippen molar-refractivity contribution in [2.75, 3.05) is 0 Å². The van der Waals surface area contributed by atoms with Crippen LogP contribution in [0, 0.1) is 5.92 Å². The van der Waals surface area contributed by atoms with E-state index < -0.39 is 21.0 Å². The monoisotopic (exact) mass is 348 g/mol. The van der Waals surface area contributed by atoms with Gasteiger partial charge in [-0.1, -0.05) is 43.2 Å². The predicted molar refractivity (Wildman–Crippen MR) is 88.7 cm³/mol. The van der Waals surface area contributed by atoms with E-state index in [-0.39, 0.29) is 11.8 Å². The van der Waals surface area contributed by atoms with E-state index in [4.69, 9.17) is 9.56 Å². The van der Waals surface area contributed by atoms with E-state index in [0.29, 0.717) is 5.92 Å². The van der Waals surface area contributed by atoms with Gasteiger partial charge in [0.15, 0.2) is 5.76 Å². The molecule has 0 saturated heterocycles. The third-order valence-corrected chi connectivity index (χ3v) is 5.18. The van der Waals surface area contributed by atoms with E-state index in [1.165, 1.54) is 12.1 Å². The van der Waals surface area contributed by atoms with Crippen LogP contribution in [0.25, 0.3) is 0 Å². The van der Waals surface area contributed by atoms with Gasteiger partial charge in [0, 0.05) is 0 Å². The number of amides is 1. The lowest BCUT2D eigenvalue weighted by molar-refractivity contribution is 0.0888. The fraction of sp³-hybridized carbons (Fsp3) is 0.353. The van der Waals surface area contributed by atoms with Crippen molar-refractivity contribution in [2.24, 2.45) is 11.1 Å². The highest BCUT2D eigenvalue weighted by molar-refractivity contribution is 7.89. The van der Waals surface area contributed by atoms with Crippen LogP contribution in [0.1, 0.15) is 47.8 Å². The van der Waals surface area contributed by atoms with Gasteiger partial charge in [-0.25, -0.2) is 13.6 Å². The van der Waals surface area contributed by atoms with Crippen molar-refractivity contribution in [1.29, 1.82) is 0 Å². The molecule has 6 nitrogen and oxygen atoms in total. The van der Waals surface area contributed by atoms with Gasteiger partial charge in [0.2, 0.25) is 5.09 Å². The third-order valence-electron chi connectivity index (χ3n) is 4.40. The number of nitrogens with two attached hydrogens (primary N) is 1. The summed E-state index contributed by atoms with van der Waals surface area (Å²) in [6.45, 7) is 0. The van der Waals surface area contributed by atoms with Crippen LogP contribution in [-0.4, -0.2) is 14.3 Å². The van der Waals surface area contributed by atoms with Gasteiger partial charge in [0.25, 0.3) is 15.9 Å². The number of carbonyl (C=O) groups is 1. The molecule has 0 aliphatic heterocycles. The normalized spacial score (nSPS) is 16.9. The van der Waals surface area contributed by atoms with Crippen LogP contribution in [0.5, 0.6) is 0 Å². The molecule has 0 spiro atoms. The van der Waals surface area contributed by atoms with Crippen molar-refractivity contribution in [3.63, 3.8) is 0 Å². The average Bonchev–Trinajstić information content (AvgIpc) is 3.24. The maximum absolute atomic E-state index is 12.5. The molecule has 24 heavy (non-hydrogen) atoms. The quantitative estimate of drug-likeness (QED) is 0.867. The minimum atomic E-state index is -3.96. The Hall–Kier alpha value is -2.12. The van der Waals surface area contributed by atoms with Crippen LogP contribution >= 0.6 is 0 Å². The molecule has 2 aromatic rings.